The van der Waals surface area contributed by atoms with E-state index in [9.17, 15) is 0 Å². The van der Waals surface area contributed by atoms with Gasteiger partial charge in [0.05, 0.1) is 7.05 Å². The maximum Gasteiger partial charge on any atom is 0.382 e. The molecule has 0 amide bonds. The van der Waals surface area contributed by atoms with Crippen LogP contribution in [-0.2, 0) is 0 Å². The van der Waals surface area contributed by atoms with E-state index in [1.54, 1.807) is 0 Å². The van der Waals surface area contributed by atoms with Gasteiger partial charge in [-0.25, -0.2) is 0 Å². The first-order valence-electron chi connectivity index (χ1n) is 16.7. The van der Waals surface area contributed by atoms with E-state index in [0.717, 1.165) is 0 Å². The molecular formula is C27H57N9P3+3. The van der Waals surface area contributed by atoms with Crippen LogP contribution in [0.5, 0.6) is 0 Å². The van der Waals surface area contributed by atoms with Crippen molar-refractivity contribution in [2.45, 2.75) is 89.9 Å². The molecule has 2 N–H and O–H groups in total. The molecule has 7 fully saturated rings. The SMILES string of the molecule is CN1[P+](N2CCCCC2)(N2CCCC2)N[P+](N2CCCC2)(N2CCCC2)N[P+]1(N1CCCCC1)N1CCCC1. The second-order valence-electron chi connectivity index (χ2n) is 13.1. The van der Waals surface area contributed by atoms with E-state index in [1.807, 2.05) is 0 Å². The molecule has 0 radical (unpaired) electrons. The Labute approximate surface area is 241 Å². The molecule has 7 saturated heterocycles. The van der Waals surface area contributed by atoms with Crippen molar-refractivity contribution in [3.8, 4) is 0 Å². The smallest absolute Gasteiger partial charge is 0.128 e. The third-order valence-electron chi connectivity index (χ3n) is 10.7. The molecule has 0 spiro atoms. The molecule has 7 aliphatic heterocycles. The Balaban J connectivity index is 1.44. The van der Waals surface area contributed by atoms with Crippen LogP contribution in [0.3, 0.4) is 0 Å². The quantitative estimate of drug-likeness (QED) is 0.385. The first-order chi connectivity index (χ1) is 19.2. The molecular weight excluding hydrogens is 543 g/mol. The third kappa shape index (κ3) is 4.82. The van der Waals surface area contributed by atoms with E-state index < -0.39 is 23.6 Å². The van der Waals surface area contributed by atoms with Crippen molar-refractivity contribution in [1.29, 1.82) is 0 Å². The first-order valence-corrected chi connectivity index (χ1v) is 21.7. The van der Waals surface area contributed by atoms with Crippen LogP contribution in [0.4, 0.5) is 0 Å². The Bertz CT molecular complexity index is 753. The molecule has 7 aliphatic rings. The van der Waals surface area contributed by atoms with Crippen LogP contribution < -0.4 is 9.72 Å². The second-order valence-corrected chi connectivity index (χ2v) is 23.1. The summed E-state index contributed by atoms with van der Waals surface area (Å²) in [7, 11) is -3.24. The highest BCUT2D eigenvalue weighted by atomic mass is 31.3. The number of hydrogen-bond donors (Lipinski definition) is 2. The number of nitrogens with one attached hydrogen (secondary N) is 2. The molecule has 12 heteroatoms. The van der Waals surface area contributed by atoms with Gasteiger partial charge in [0, 0.05) is 92.7 Å². The fourth-order valence-corrected chi connectivity index (χ4v) is 28.5. The minimum Gasteiger partial charge on any atom is -0.128 e. The summed E-state index contributed by atoms with van der Waals surface area (Å²) in [6.07, 6.45) is 19.3. The van der Waals surface area contributed by atoms with Gasteiger partial charge in [-0.3, -0.25) is 0 Å². The molecule has 0 aromatic carbocycles. The first kappa shape index (κ1) is 28.7. The van der Waals surface area contributed by atoms with E-state index in [1.165, 1.54) is 168 Å². The molecule has 0 aromatic heterocycles. The fourth-order valence-electron chi connectivity index (χ4n) is 8.73. The van der Waals surface area contributed by atoms with Gasteiger partial charge < -0.3 is 0 Å². The molecule has 39 heavy (non-hydrogen) atoms. The summed E-state index contributed by atoms with van der Waals surface area (Å²) in [6, 6.07) is 0. The monoisotopic (exact) mass is 600 g/mol. The van der Waals surface area contributed by atoms with Crippen molar-refractivity contribution in [3.05, 3.63) is 0 Å². The summed E-state index contributed by atoms with van der Waals surface area (Å²) in [5, 5.41) is 0. The maximum absolute atomic E-state index is 4.86. The highest BCUT2D eigenvalue weighted by Gasteiger charge is 2.86. The molecule has 7 heterocycles. The molecule has 2 atom stereocenters. The van der Waals surface area contributed by atoms with E-state index in [2.05, 4.69) is 39.5 Å². The average molecular weight is 601 g/mol. The molecule has 2 unspecified atom stereocenters. The molecule has 7 rings (SSSR count). The van der Waals surface area contributed by atoms with Crippen molar-refractivity contribution >= 4 is 23.6 Å². The van der Waals surface area contributed by atoms with Crippen LogP contribution in [-0.4, -0.2) is 118 Å². The normalized spacial score (nSPS) is 39.3. The summed E-state index contributed by atoms with van der Waals surface area (Å²) < 4.78 is 21.3. The Morgan fingerprint density at radius 2 is 0.564 bits per heavy atom. The van der Waals surface area contributed by atoms with Crippen LogP contribution in [0.15, 0.2) is 0 Å². The number of rotatable bonds is 6. The Kier molecular flexibility index (Phi) is 8.93. The minimum absolute atomic E-state index is 1.27. The van der Waals surface area contributed by atoms with E-state index in [-0.39, 0.29) is 0 Å². The topological polar surface area (TPSA) is 46.7 Å². The van der Waals surface area contributed by atoms with Crippen LogP contribution in [0, 0.1) is 0 Å². The predicted octanol–water partition coefficient (Wildman–Crippen LogP) is 5.50. The third-order valence-corrected chi connectivity index (χ3v) is 25.4. The lowest BCUT2D eigenvalue weighted by molar-refractivity contribution is 0.283. The number of piperidine rings is 2. The van der Waals surface area contributed by atoms with Gasteiger partial charge >= 0.3 is 23.6 Å². The van der Waals surface area contributed by atoms with Crippen LogP contribution in [0.2, 0.25) is 0 Å². The van der Waals surface area contributed by atoms with Gasteiger partial charge in [0.15, 0.2) is 0 Å². The summed E-state index contributed by atoms with van der Waals surface area (Å²) in [5.74, 6) is 0. The molecule has 0 aromatic rings. The van der Waals surface area contributed by atoms with Gasteiger partial charge in [0.1, 0.15) is 0 Å². The maximum atomic E-state index is 4.86. The number of hydrogen-bond acceptors (Lipinski definition) is 9. The Morgan fingerprint density at radius 3 is 0.846 bits per heavy atom. The van der Waals surface area contributed by atoms with Crippen molar-refractivity contribution in [2.24, 2.45) is 0 Å². The van der Waals surface area contributed by atoms with Gasteiger partial charge in [-0.2, -0.15) is 0 Å². The van der Waals surface area contributed by atoms with Crippen LogP contribution in [0.1, 0.15) is 89.9 Å². The zero-order chi connectivity index (χ0) is 26.3. The lowest BCUT2D eigenvalue weighted by Crippen LogP contribution is -2.65. The van der Waals surface area contributed by atoms with Crippen molar-refractivity contribution < 1.29 is 0 Å². The van der Waals surface area contributed by atoms with Gasteiger partial charge in [0.25, 0.3) is 0 Å². The van der Waals surface area contributed by atoms with Crippen molar-refractivity contribution in [2.75, 3.05) is 85.6 Å². The molecule has 0 aliphatic carbocycles. The second kappa shape index (κ2) is 12.1. The summed E-state index contributed by atoms with van der Waals surface area (Å²) in [6.45, 7) is 15.3. The zero-order valence-corrected chi connectivity index (χ0v) is 27.5. The zero-order valence-electron chi connectivity index (χ0n) is 24.9. The lowest BCUT2D eigenvalue weighted by atomic mass is 10.2. The van der Waals surface area contributed by atoms with E-state index >= 15 is 0 Å². The highest BCUT2D eigenvalue weighted by Crippen LogP contribution is 2.91. The van der Waals surface area contributed by atoms with Gasteiger partial charge in [-0.15, -0.1) is 28.0 Å². The fraction of sp³-hybridized carbons (Fsp3) is 1.00. The lowest BCUT2D eigenvalue weighted by Gasteiger charge is -2.56. The summed E-state index contributed by atoms with van der Waals surface area (Å²) in [5.41, 5.74) is 0. The van der Waals surface area contributed by atoms with E-state index in [0.29, 0.717) is 0 Å². The Hall–Kier alpha value is 0.930. The summed E-state index contributed by atoms with van der Waals surface area (Å²) in [4.78, 5) is 9.72. The van der Waals surface area contributed by atoms with Crippen molar-refractivity contribution in [3.63, 3.8) is 0 Å². The van der Waals surface area contributed by atoms with Gasteiger partial charge in [-0.05, 0) is 77.0 Å². The van der Waals surface area contributed by atoms with Crippen molar-refractivity contribution in [1.82, 2.24) is 42.2 Å². The van der Waals surface area contributed by atoms with Crippen LogP contribution in [0.25, 0.3) is 0 Å². The Morgan fingerprint density at radius 1 is 0.333 bits per heavy atom. The average Bonchev–Trinajstić information content (AvgIpc) is 3.82. The largest absolute Gasteiger partial charge is 0.382 e. The molecule has 9 nitrogen and oxygen atoms in total. The van der Waals surface area contributed by atoms with E-state index in [4.69, 9.17) is 9.72 Å². The predicted molar refractivity (Wildman–Crippen MR) is 169 cm³/mol. The van der Waals surface area contributed by atoms with Gasteiger partial charge in [0.2, 0.25) is 0 Å². The molecule has 0 saturated carbocycles. The standard InChI is InChI=1S/C27H57N9P3/c1-30-38(35-24-12-13-25-35,33-20-4-2-5-21-33)28-37(31-16-8-9-17-31,32-18-10-11-19-32)29-39(30,36-26-14-15-27-36)34-22-6-3-7-23-34/h28-29H,2-27H2,1H3/q+3. The minimum atomic E-state index is -1.95. The summed E-state index contributed by atoms with van der Waals surface area (Å²) >= 11 is 0. The molecule has 0 bridgehead atoms. The number of nitrogens with zero attached hydrogens (tertiary/aromatic N) is 7. The highest BCUT2D eigenvalue weighted by molar-refractivity contribution is 7.96. The van der Waals surface area contributed by atoms with Gasteiger partial charge in [-0.1, -0.05) is 12.8 Å². The molecule has 222 valence electrons. The van der Waals surface area contributed by atoms with Crippen LogP contribution >= 0.6 is 23.6 Å².